The Morgan fingerprint density at radius 1 is 1.54 bits per heavy atom. The molecule has 0 unspecified atom stereocenters. The number of rotatable bonds is 1. The van der Waals surface area contributed by atoms with Crippen molar-refractivity contribution in [3.63, 3.8) is 0 Å². The molecule has 1 aromatic heterocycles. The number of phenols is 1. The largest absolute Gasteiger partial charge is 0.506 e. The Bertz CT molecular complexity index is 498. The van der Waals surface area contributed by atoms with Gasteiger partial charge in [0.2, 0.25) is 0 Å². The second-order valence-corrected chi connectivity index (χ2v) is 3.80. The summed E-state index contributed by atoms with van der Waals surface area (Å²) in [7, 11) is 0. The molecule has 0 saturated carbocycles. The van der Waals surface area contributed by atoms with Gasteiger partial charge in [-0.05, 0) is 18.1 Å². The number of aromatic hydroxyl groups is 1. The quantitative estimate of drug-likeness (QED) is 0.729. The average molecular weight is 195 g/mol. The number of aromatic nitrogens is 1. The van der Waals surface area contributed by atoms with E-state index in [-0.39, 0.29) is 10.6 Å². The zero-order valence-corrected chi connectivity index (χ0v) is 7.94. The van der Waals surface area contributed by atoms with Crippen LogP contribution in [0, 0.1) is 0 Å². The molecule has 68 valence electrons. The maximum atomic E-state index is 11.1. The van der Waals surface area contributed by atoms with E-state index in [9.17, 15) is 9.90 Å². The van der Waals surface area contributed by atoms with Crippen molar-refractivity contribution in [2.24, 2.45) is 0 Å². The Kier molecular flexibility index (Phi) is 1.84. The summed E-state index contributed by atoms with van der Waals surface area (Å²) in [6, 6.07) is 3.46. The predicted molar refractivity (Wildman–Crippen MR) is 53.5 cm³/mol. The Hall–Kier alpha value is -1.29. The smallest absolute Gasteiger partial charge is 0.305 e. The predicted octanol–water partition coefficient (Wildman–Crippen LogP) is 1.86. The lowest BCUT2D eigenvalue weighted by Crippen LogP contribution is -1.89. The van der Waals surface area contributed by atoms with E-state index < -0.39 is 0 Å². The molecule has 1 aromatic carbocycles. The van der Waals surface area contributed by atoms with Gasteiger partial charge in [-0.2, -0.15) is 0 Å². The molecule has 0 saturated heterocycles. The third-order valence-corrected chi connectivity index (χ3v) is 2.98. The van der Waals surface area contributed by atoms with E-state index in [0.29, 0.717) is 5.52 Å². The van der Waals surface area contributed by atoms with Crippen LogP contribution >= 0.6 is 11.3 Å². The van der Waals surface area contributed by atoms with E-state index in [2.05, 4.69) is 4.98 Å². The molecular formula is C9H9NO2S. The highest BCUT2D eigenvalue weighted by atomic mass is 32.1. The minimum Gasteiger partial charge on any atom is -0.506 e. The fourth-order valence-electron chi connectivity index (χ4n) is 1.35. The molecule has 0 atom stereocenters. The molecule has 13 heavy (non-hydrogen) atoms. The summed E-state index contributed by atoms with van der Waals surface area (Å²) in [5.41, 5.74) is 1.66. The van der Waals surface area contributed by atoms with Gasteiger partial charge in [0.1, 0.15) is 11.3 Å². The first kappa shape index (κ1) is 8.31. The Labute approximate surface area is 78.7 Å². The van der Waals surface area contributed by atoms with Gasteiger partial charge in [-0.3, -0.25) is 4.79 Å². The first-order valence-electron chi connectivity index (χ1n) is 4.06. The van der Waals surface area contributed by atoms with E-state index >= 15 is 0 Å². The normalized spacial score (nSPS) is 10.8. The van der Waals surface area contributed by atoms with Crippen LogP contribution in [0.2, 0.25) is 0 Å². The van der Waals surface area contributed by atoms with Crippen LogP contribution in [0.25, 0.3) is 10.2 Å². The molecule has 0 aliphatic carbocycles. The molecule has 0 radical (unpaired) electrons. The van der Waals surface area contributed by atoms with Crippen LogP contribution in [-0.4, -0.2) is 10.1 Å². The van der Waals surface area contributed by atoms with Gasteiger partial charge in [0.25, 0.3) is 0 Å². The number of hydrogen-bond donors (Lipinski definition) is 2. The number of thiazole rings is 1. The molecule has 0 amide bonds. The summed E-state index contributed by atoms with van der Waals surface area (Å²) >= 11 is 1.15. The van der Waals surface area contributed by atoms with Gasteiger partial charge in [-0.25, -0.2) is 0 Å². The lowest BCUT2D eigenvalue weighted by Gasteiger charge is -1.99. The van der Waals surface area contributed by atoms with E-state index in [1.54, 1.807) is 6.07 Å². The van der Waals surface area contributed by atoms with Gasteiger partial charge in [-0.1, -0.05) is 24.3 Å². The van der Waals surface area contributed by atoms with E-state index in [4.69, 9.17) is 0 Å². The Morgan fingerprint density at radius 2 is 2.31 bits per heavy atom. The van der Waals surface area contributed by atoms with Crippen molar-refractivity contribution in [2.45, 2.75) is 13.3 Å². The van der Waals surface area contributed by atoms with Gasteiger partial charge >= 0.3 is 4.87 Å². The van der Waals surface area contributed by atoms with Gasteiger partial charge in [0, 0.05) is 0 Å². The lowest BCUT2D eigenvalue weighted by atomic mass is 10.1. The van der Waals surface area contributed by atoms with Crippen molar-refractivity contribution in [3.05, 3.63) is 27.4 Å². The van der Waals surface area contributed by atoms with Crippen molar-refractivity contribution in [2.75, 3.05) is 0 Å². The number of aromatic amines is 1. The van der Waals surface area contributed by atoms with Crippen LogP contribution < -0.4 is 4.87 Å². The summed E-state index contributed by atoms with van der Waals surface area (Å²) in [5, 5.41) is 9.44. The molecule has 0 bridgehead atoms. The number of hydrogen-bond acceptors (Lipinski definition) is 3. The van der Waals surface area contributed by atoms with E-state index in [1.165, 1.54) is 0 Å². The van der Waals surface area contributed by atoms with Crippen LogP contribution in [0.5, 0.6) is 5.75 Å². The first-order valence-corrected chi connectivity index (χ1v) is 4.87. The highest BCUT2D eigenvalue weighted by molar-refractivity contribution is 7.16. The molecule has 2 rings (SSSR count). The molecule has 2 N–H and O–H groups in total. The Balaban J connectivity index is 2.91. The molecule has 2 aromatic rings. The molecule has 0 aliphatic rings. The summed E-state index contributed by atoms with van der Waals surface area (Å²) in [6.45, 7) is 2.02. The van der Waals surface area contributed by atoms with E-state index in [1.807, 2.05) is 13.0 Å². The minimum atomic E-state index is -0.119. The van der Waals surface area contributed by atoms with Crippen LogP contribution in [0.15, 0.2) is 16.9 Å². The topological polar surface area (TPSA) is 53.1 Å². The van der Waals surface area contributed by atoms with Crippen LogP contribution in [0.3, 0.4) is 0 Å². The highest BCUT2D eigenvalue weighted by Gasteiger charge is 2.07. The van der Waals surface area contributed by atoms with Crippen LogP contribution in [0.4, 0.5) is 0 Å². The maximum Gasteiger partial charge on any atom is 0.305 e. The third-order valence-electron chi connectivity index (χ3n) is 2.02. The second kappa shape index (κ2) is 2.88. The third kappa shape index (κ3) is 1.23. The maximum absolute atomic E-state index is 11.1. The number of fused-ring (bicyclic) bond motifs is 1. The number of benzene rings is 1. The van der Waals surface area contributed by atoms with Crippen molar-refractivity contribution >= 4 is 21.6 Å². The molecule has 0 spiro atoms. The Morgan fingerprint density at radius 3 is 3.00 bits per heavy atom. The fraction of sp³-hybridized carbons (Fsp3) is 0.222. The summed E-state index contributed by atoms with van der Waals surface area (Å²) in [5.74, 6) is 0.144. The molecule has 0 aliphatic heterocycles. The molecule has 4 heteroatoms. The van der Waals surface area contributed by atoms with Crippen molar-refractivity contribution < 1.29 is 5.11 Å². The number of phenolic OH excluding ortho intramolecular Hbond substituents is 1. The van der Waals surface area contributed by atoms with Crippen molar-refractivity contribution in [3.8, 4) is 5.75 Å². The van der Waals surface area contributed by atoms with Gasteiger partial charge in [0.15, 0.2) is 0 Å². The lowest BCUT2D eigenvalue weighted by molar-refractivity contribution is 0.480. The molecule has 0 fully saturated rings. The number of aryl methyl sites for hydroxylation is 1. The summed E-state index contributed by atoms with van der Waals surface area (Å²) in [4.78, 5) is 13.6. The van der Waals surface area contributed by atoms with Gasteiger partial charge < -0.3 is 10.1 Å². The monoisotopic (exact) mass is 195 g/mol. The van der Waals surface area contributed by atoms with Crippen LogP contribution in [0.1, 0.15) is 12.5 Å². The minimum absolute atomic E-state index is 0.119. The fourth-order valence-corrected chi connectivity index (χ4v) is 2.29. The van der Waals surface area contributed by atoms with Crippen molar-refractivity contribution in [1.82, 2.24) is 4.98 Å². The standard InChI is InChI=1S/C9H9NO2S/c1-2-5-3-4-6(11)7-8(5)13-9(12)10-7/h3-4,11H,2H2,1H3,(H,10,12). The summed E-state index contributed by atoms with van der Waals surface area (Å²) < 4.78 is 0.868. The van der Waals surface area contributed by atoms with E-state index in [0.717, 1.165) is 28.0 Å². The highest BCUT2D eigenvalue weighted by Crippen LogP contribution is 2.27. The zero-order chi connectivity index (χ0) is 9.42. The van der Waals surface area contributed by atoms with Gasteiger partial charge in [-0.15, -0.1) is 0 Å². The zero-order valence-electron chi connectivity index (χ0n) is 7.13. The van der Waals surface area contributed by atoms with Gasteiger partial charge in [0.05, 0.1) is 4.70 Å². The number of nitrogens with one attached hydrogen (secondary N) is 1. The first-order chi connectivity index (χ1) is 6.22. The number of H-pyrrole nitrogens is 1. The second-order valence-electron chi connectivity index (χ2n) is 2.82. The van der Waals surface area contributed by atoms with Crippen molar-refractivity contribution in [1.29, 1.82) is 0 Å². The van der Waals surface area contributed by atoms with Crippen LogP contribution in [-0.2, 0) is 6.42 Å². The SMILES string of the molecule is CCc1ccc(O)c2[nH]c(=O)sc12. The molecular weight excluding hydrogens is 186 g/mol. The average Bonchev–Trinajstić information content (AvgIpc) is 2.48. The summed E-state index contributed by atoms with van der Waals surface area (Å²) in [6.07, 6.45) is 0.866. The molecule has 1 heterocycles. The molecule has 3 nitrogen and oxygen atoms in total.